The van der Waals surface area contributed by atoms with Gasteiger partial charge in [-0.1, -0.05) is 0 Å². The zero-order chi connectivity index (χ0) is 14.0. The molecule has 0 saturated carbocycles. The summed E-state index contributed by atoms with van der Waals surface area (Å²) in [4.78, 5) is 11.6. The SMILES string of the molecule is O=[N+]([O-])c1ccc(F)c(F)c1N1CCCC(CO)C1. The van der Waals surface area contributed by atoms with Gasteiger partial charge < -0.3 is 10.0 Å². The molecule has 1 atom stereocenters. The third kappa shape index (κ3) is 2.65. The van der Waals surface area contributed by atoms with E-state index in [-0.39, 0.29) is 24.8 Å². The lowest BCUT2D eigenvalue weighted by Crippen LogP contribution is -2.37. The van der Waals surface area contributed by atoms with Crippen LogP contribution >= 0.6 is 0 Å². The molecule has 0 aliphatic carbocycles. The summed E-state index contributed by atoms with van der Waals surface area (Å²) in [6.45, 7) is 0.636. The summed E-state index contributed by atoms with van der Waals surface area (Å²) in [5.41, 5.74) is -0.763. The Morgan fingerprint density at radius 3 is 2.84 bits per heavy atom. The van der Waals surface area contributed by atoms with Gasteiger partial charge in [-0.2, -0.15) is 0 Å². The Balaban J connectivity index is 2.42. The maximum atomic E-state index is 13.9. The smallest absolute Gasteiger partial charge is 0.295 e. The number of rotatable bonds is 3. The summed E-state index contributed by atoms with van der Waals surface area (Å²) in [5, 5.41) is 20.0. The van der Waals surface area contributed by atoms with Crippen LogP contribution in [0, 0.1) is 27.7 Å². The number of hydrogen-bond acceptors (Lipinski definition) is 4. The minimum atomic E-state index is -1.20. The number of anilines is 1. The Morgan fingerprint density at radius 2 is 2.21 bits per heavy atom. The molecule has 0 spiro atoms. The summed E-state index contributed by atoms with van der Waals surface area (Å²) >= 11 is 0. The number of halogens is 2. The van der Waals surface area contributed by atoms with E-state index in [9.17, 15) is 18.9 Å². The van der Waals surface area contributed by atoms with Crippen molar-refractivity contribution in [3.63, 3.8) is 0 Å². The first-order valence-electron chi connectivity index (χ1n) is 6.02. The Hall–Kier alpha value is -1.76. The van der Waals surface area contributed by atoms with Crippen LogP contribution in [0.25, 0.3) is 0 Å². The van der Waals surface area contributed by atoms with Gasteiger partial charge in [-0.15, -0.1) is 0 Å². The van der Waals surface area contributed by atoms with Crippen LogP contribution in [0.1, 0.15) is 12.8 Å². The van der Waals surface area contributed by atoms with Crippen LogP contribution in [0.2, 0.25) is 0 Å². The lowest BCUT2D eigenvalue weighted by Gasteiger charge is -2.33. The van der Waals surface area contributed by atoms with E-state index >= 15 is 0 Å². The van der Waals surface area contributed by atoms with Crippen LogP contribution in [0.5, 0.6) is 0 Å². The molecule has 1 unspecified atom stereocenters. The summed E-state index contributed by atoms with van der Waals surface area (Å²) in [6, 6.07) is 1.72. The van der Waals surface area contributed by atoms with Crippen LogP contribution in [0.4, 0.5) is 20.2 Å². The van der Waals surface area contributed by atoms with Crippen molar-refractivity contribution in [1.82, 2.24) is 0 Å². The molecule has 19 heavy (non-hydrogen) atoms. The second-order valence-corrected chi connectivity index (χ2v) is 4.62. The molecule has 5 nitrogen and oxygen atoms in total. The molecule has 0 aromatic heterocycles. The van der Waals surface area contributed by atoms with Gasteiger partial charge in [-0.3, -0.25) is 10.1 Å². The second kappa shape index (κ2) is 5.48. The lowest BCUT2D eigenvalue weighted by molar-refractivity contribution is -0.384. The molecule has 2 rings (SSSR count). The maximum Gasteiger partial charge on any atom is 0.295 e. The van der Waals surface area contributed by atoms with Gasteiger partial charge in [0.1, 0.15) is 0 Å². The number of aliphatic hydroxyl groups is 1. The zero-order valence-corrected chi connectivity index (χ0v) is 10.2. The highest BCUT2D eigenvalue weighted by Crippen LogP contribution is 2.35. The van der Waals surface area contributed by atoms with E-state index in [0.717, 1.165) is 18.6 Å². The lowest BCUT2D eigenvalue weighted by atomic mass is 9.98. The van der Waals surface area contributed by atoms with Crippen molar-refractivity contribution in [3.8, 4) is 0 Å². The minimum absolute atomic E-state index is 0.0682. The Bertz CT molecular complexity index is 496. The fourth-order valence-electron chi connectivity index (χ4n) is 2.40. The van der Waals surface area contributed by atoms with Crippen molar-refractivity contribution in [2.75, 3.05) is 24.6 Å². The highest BCUT2D eigenvalue weighted by molar-refractivity contribution is 5.64. The van der Waals surface area contributed by atoms with Gasteiger partial charge in [0.2, 0.25) is 0 Å². The number of aliphatic hydroxyl groups excluding tert-OH is 1. The van der Waals surface area contributed by atoms with Crippen LogP contribution in [-0.4, -0.2) is 29.7 Å². The predicted molar refractivity (Wildman–Crippen MR) is 65.0 cm³/mol. The third-order valence-electron chi connectivity index (χ3n) is 3.34. The highest BCUT2D eigenvalue weighted by atomic mass is 19.2. The van der Waals surface area contributed by atoms with Crippen molar-refractivity contribution in [3.05, 3.63) is 33.9 Å². The number of nitro groups is 1. The third-order valence-corrected chi connectivity index (χ3v) is 3.34. The predicted octanol–water partition coefficient (Wildman–Crippen LogP) is 2.08. The molecule has 104 valence electrons. The van der Waals surface area contributed by atoms with Crippen molar-refractivity contribution >= 4 is 11.4 Å². The van der Waals surface area contributed by atoms with E-state index in [2.05, 4.69) is 0 Å². The summed E-state index contributed by atoms with van der Waals surface area (Å²) in [7, 11) is 0. The molecule has 1 fully saturated rings. The fraction of sp³-hybridized carbons (Fsp3) is 0.500. The van der Waals surface area contributed by atoms with Crippen molar-refractivity contribution in [1.29, 1.82) is 0 Å². The van der Waals surface area contributed by atoms with Gasteiger partial charge in [-0.05, 0) is 24.8 Å². The molecule has 1 aliphatic rings. The monoisotopic (exact) mass is 272 g/mol. The number of benzene rings is 1. The summed E-state index contributed by atoms with van der Waals surface area (Å²) in [6.07, 6.45) is 1.45. The number of nitro benzene ring substituents is 1. The van der Waals surface area contributed by atoms with Crippen LogP contribution < -0.4 is 4.90 Å². The molecule has 1 N–H and O–H groups in total. The normalized spacial score (nSPS) is 19.5. The average Bonchev–Trinajstić information content (AvgIpc) is 2.41. The topological polar surface area (TPSA) is 66.6 Å². The van der Waals surface area contributed by atoms with Crippen molar-refractivity contribution in [2.24, 2.45) is 5.92 Å². The fourth-order valence-corrected chi connectivity index (χ4v) is 2.40. The molecule has 0 amide bonds. The number of hydrogen-bond donors (Lipinski definition) is 1. The van der Waals surface area contributed by atoms with Gasteiger partial charge >= 0.3 is 0 Å². The van der Waals surface area contributed by atoms with Crippen LogP contribution in [0.15, 0.2) is 12.1 Å². The quantitative estimate of drug-likeness (QED) is 0.675. The molecular weight excluding hydrogens is 258 g/mol. The summed E-state index contributed by atoms with van der Waals surface area (Å²) < 4.78 is 27.1. The van der Waals surface area contributed by atoms with E-state index in [1.54, 1.807) is 0 Å². The number of piperidine rings is 1. The molecule has 1 heterocycles. The van der Waals surface area contributed by atoms with Gasteiger partial charge in [0.15, 0.2) is 17.3 Å². The Labute approximate surface area is 108 Å². The standard InChI is InChI=1S/C12H14F2N2O3/c13-9-3-4-10(16(18)19)12(11(9)14)15-5-1-2-8(6-15)7-17/h3-4,8,17H,1-2,5-7H2. The summed E-state index contributed by atoms with van der Waals surface area (Å²) in [5.74, 6) is -2.38. The largest absolute Gasteiger partial charge is 0.396 e. The van der Waals surface area contributed by atoms with Gasteiger partial charge in [0.05, 0.1) is 4.92 Å². The van der Waals surface area contributed by atoms with Crippen LogP contribution in [-0.2, 0) is 0 Å². The molecule has 7 heteroatoms. The molecule has 1 aromatic rings. The molecule has 0 radical (unpaired) electrons. The highest BCUT2D eigenvalue weighted by Gasteiger charge is 2.29. The zero-order valence-electron chi connectivity index (χ0n) is 10.2. The number of nitrogens with zero attached hydrogens (tertiary/aromatic N) is 2. The first kappa shape index (κ1) is 13.7. The van der Waals surface area contributed by atoms with Crippen LogP contribution in [0.3, 0.4) is 0 Å². The molecule has 1 saturated heterocycles. The molecule has 0 bridgehead atoms. The van der Waals surface area contributed by atoms with Gasteiger partial charge in [-0.25, -0.2) is 8.78 Å². The molecule has 1 aliphatic heterocycles. The first-order valence-corrected chi connectivity index (χ1v) is 6.02. The van der Waals surface area contributed by atoms with Gasteiger partial charge in [0.25, 0.3) is 5.69 Å². The Morgan fingerprint density at radius 1 is 1.47 bits per heavy atom. The maximum absolute atomic E-state index is 13.9. The van der Waals surface area contributed by atoms with Gasteiger partial charge in [0, 0.05) is 25.8 Å². The first-order chi connectivity index (χ1) is 9.04. The molecule has 1 aromatic carbocycles. The van der Waals surface area contributed by atoms with Crippen molar-refractivity contribution < 1.29 is 18.8 Å². The van der Waals surface area contributed by atoms with Crippen molar-refractivity contribution in [2.45, 2.75) is 12.8 Å². The Kier molecular flexibility index (Phi) is 3.94. The van der Waals surface area contributed by atoms with E-state index < -0.39 is 22.2 Å². The minimum Gasteiger partial charge on any atom is -0.396 e. The van der Waals surface area contributed by atoms with E-state index in [4.69, 9.17) is 5.11 Å². The second-order valence-electron chi connectivity index (χ2n) is 4.62. The van der Waals surface area contributed by atoms with E-state index in [1.165, 1.54) is 4.90 Å². The van der Waals surface area contributed by atoms with E-state index in [1.807, 2.05) is 0 Å². The molecular formula is C12H14F2N2O3. The van der Waals surface area contributed by atoms with E-state index in [0.29, 0.717) is 13.0 Å². The average molecular weight is 272 g/mol.